The van der Waals surface area contributed by atoms with Crippen molar-refractivity contribution >= 4 is 23.8 Å². The lowest BCUT2D eigenvalue weighted by Crippen LogP contribution is -2.42. The molecule has 2 atom stereocenters. The molecule has 3 aromatic rings. The molecular formula is C23H29N5O5. The van der Waals surface area contributed by atoms with Crippen LogP contribution in [0.4, 0.5) is 0 Å². The second-order valence-electron chi connectivity index (χ2n) is 8.07. The molecule has 4 heterocycles. The zero-order valence-electron chi connectivity index (χ0n) is 18.7. The Balaban J connectivity index is 0.000000968. The van der Waals surface area contributed by atoms with Crippen molar-refractivity contribution in [2.45, 2.75) is 32.4 Å². The highest BCUT2D eigenvalue weighted by Crippen LogP contribution is 2.18. The summed E-state index contributed by atoms with van der Waals surface area (Å²) in [4.78, 5) is 35.8. The minimum absolute atomic E-state index is 0.00450. The van der Waals surface area contributed by atoms with Crippen LogP contribution in [0.15, 0.2) is 47.3 Å². The average molecular weight is 456 g/mol. The van der Waals surface area contributed by atoms with Gasteiger partial charge in [-0.1, -0.05) is 6.07 Å². The van der Waals surface area contributed by atoms with Crippen LogP contribution in [0.2, 0.25) is 0 Å². The van der Waals surface area contributed by atoms with Crippen molar-refractivity contribution in [3.63, 3.8) is 0 Å². The van der Waals surface area contributed by atoms with E-state index < -0.39 is 0 Å². The molecule has 176 valence electrons. The highest BCUT2D eigenvalue weighted by Gasteiger charge is 2.28. The number of hydrogen-bond donors (Lipinski definition) is 3. The molecule has 0 bridgehead atoms. The number of fused-ring (bicyclic) bond motifs is 1. The Hall–Kier alpha value is -3.66. The molecule has 33 heavy (non-hydrogen) atoms. The van der Waals surface area contributed by atoms with E-state index in [1.54, 1.807) is 23.7 Å². The number of hydrogen-bond acceptors (Lipinski definition) is 6. The molecule has 4 rings (SSSR count). The Kier molecular flexibility index (Phi) is 8.20. The van der Waals surface area contributed by atoms with Gasteiger partial charge in [-0.25, -0.2) is 4.52 Å². The summed E-state index contributed by atoms with van der Waals surface area (Å²) in [5, 5.41) is 17.3. The number of likely N-dealkylation sites (N-methyl/N-ethyl adjacent to an activating group) is 1. The van der Waals surface area contributed by atoms with E-state index in [4.69, 9.17) is 14.3 Å². The molecule has 0 aromatic carbocycles. The third kappa shape index (κ3) is 6.19. The van der Waals surface area contributed by atoms with Crippen LogP contribution in [0.3, 0.4) is 0 Å². The van der Waals surface area contributed by atoms with Crippen LogP contribution in [-0.2, 0) is 16.1 Å². The highest BCUT2D eigenvalue weighted by molar-refractivity contribution is 5.95. The number of nitrogens with one attached hydrogen (secondary N) is 2. The number of carbonyl (C=O) groups excluding carboxylic acids is 2. The minimum atomic E-state index is -0.250. The molecule has 10 heteroatoms. The van der Waals surface area contributed by atoms with Gasteiger partial charge in [0.15, 0.2) is 0 Å². The van der Waals surface area contributed by atoms with Gasteiger partial charge in [-0.2, -0.15) is 5.10 Å². The summed E-state index contributed by atoms with van der Waals surface area (Å²) < 4.78 is 7.03. The Morgan fingerprint density at radius 1 is 1.27 bits per heavy atom. The molecule has 10 nitrogen and oxygen atoms in total. The maximum atomic E-state index is 12.8. The molecule has 0 aliphatic carbocycles. The molecule has 1 fully saturated rings. The predicted molar refractivity (Wildman–Crippen MR) is 121 cm³/mol. The zero-order chi connectivity index (χ0) is 23.8. The van der Waals surface area contributed by atoms with Crippen LogP contribution < -0.4 is 10.6 Å². The molecular weight excluding hydrogens is 426 g/mol. The number of carboxylic acid groups (broad SMARTS) is 1. The fourth-order valence-corrected chi connectivity index (χ4v) is 4.12. The van der Waals surface area contributed by atoms with E-state index in [-0.39, 0.29) is 30.2 Å². The SMILES string of the molecule is Cc1occc1C(=O)N[C@H]1CC[C@@H](C(=O)NCc2cccn3nccc23)CN(C)C1.O=CO. The number of carbonyl (C=O) groups is 3. The Bertz CT molecular complexity index is 1090. The molecule has 1 aliphatic rings. The molecule has 1 aliphatic heterocycles. The predicted octanol–water partition coefficient (Wildman–Crippen LogP) is 1.69. The fraction of sp³-hybridized carbons (Fsp3) is 0.391. The third-order valence-electron chi connectivity index (χ3n) is 5.71. The lowest BCUT2D eigenvalue weighted by Gasteiger charge is -2.21. The van der Waals surface area contributed by atoms with Crippen LogP contribution in [0.25, 0.3) is 5.52 Å². The number of furan rings is 1. The van der Waals surface area contributed by atoms with Gasteiger partial charge in [0.25, 0.3) is 12.4 Å². The number of likely N-dealkylation sites (tertiary alicyclic amines) is 1. The van der Waals surface area contributed by atoms with Gasteiger partial charge in [0.1, 0.15) is 5.76 Å². The van der Waals surface area contributed by atoms with Gasteiger partial charge in [0.2, 0.25) is 5.91 Å². The maximum Gasteiger partial charge on any atom is 0.290 e. The summed E-state index contributed by atoms with van der Waals surface area (Å²) in [5.74, 6) is 0.412. The number of nitrogens with zero attached hydrogens (tertiary/aromatic N) is 3. The molecule has 0 unspecified atom stereocenters. The van der Waals surface area contributed by atoms with E-state index in [2.05, 4.69) is 20.6 Å². The molecule has 0 saturated carbocycles. The summed E-state index contributed by atoms with van der Waals surface area (Å²) >= 11 is 0. The lowest BCUT2D eigenvalue weighted by atomic mass is 10.0. The van der Waals surface area contributed by atoms with Crippen LogP contribution in [-0.4, -0.2) is 64.1 Å². The molecule has 3 N–H and O–H groups in total. The minimum Gasteiger partial charge on any atom is -0.483 e. The van der Waals surface area contributed by atoms with E-state index in [1.165, 1.54) is 6.26 Å². The van der Waals surface area contributed by atoms with Crippen LogP contribution in [0, 0.1) is 12.8 Å². The molecule has 1 saturated heterocycles. The monoisotopic (exact) mass is 455 g/mol. The number of rotatable bonds is 5. The van der Waals surface area contributed by atoms with Crippen molar-refractivity contribution in [2.24, 2.45) is 5.92 Å². The molecule has 0 radical (unpaired) electrons. The van der Waals surface area contributed by atoms with Crippen molar-refractivity contribution in [1.29, 1.82) is 0 Å². The van der Waals surface area contributed by atoms with Gasteiger partial charge in [0, 0.05) is 38.1 Å². The third-order valence-corrected chi connectivity index (χ3v) is 5.71. The highest BCUT2D eigenvalue weighted by atomic mass is 16.3. The van der Waals surface area contributed by atoms with Gasteiger partial charge in [-0.05, 0) is 50.6 Å². The summed E-state index contributed by atoms with van der Waals surface area (Å²) in [5.41, 5.74) is 2.59. The first-order valence-corrected chi connectivity index (χ1v) is 10.7. The van der Waals surface area contributed by atoms with Crippen molar-refractivity contribution in [2.75, 3.05) is 20.1 Å². The molecule has 2 amide bonds. The number of amides is 2. The van der Waals surface area contributed by atoms with E-state index in [0.717, 1.165) is 23.9 Å². The average Bonchev–Trinajstić information content (AvgIpc) is 3.40. The topological polar surface area (TPSA) is 129 Å². The van der Waals surface area contributed by atoms with Gasteiger partial charge in [0.05, 0.1) is 23.3 Å². The standard InChI is InChI=1S/C22H27N5O3.CH2O2/c1-15-19(8-11-30-15)22(29)25-18-6-5-17(13-26(2)14-18)21(28)23-12-16-4-3-10-27-20(16)7-9-24-27;2-1-3/h3-4,7-11,17-18H,5-6,12-14H2,1-2H3,(H,23,28)(H,25,29);1H,(H,2,3)/t17-,18+;/m1./s1. The first-order chi connectivity index (χ1) is 15.9. The Morgan fingerprint density at radius 3 is 2.79 bits per heavy atom. The van der Waals surface area contributed by atoms with Gasteiger partial charge in [-0.3, -0.25) is 14.4 Å². The van der Waals surface area contributed by atoms with E-state index in [9.17, 15) is 9.59 Å². The Morgan fingerprint density at radius 2 is 2.06 bits per heavy atom. The van der Waals surface area contributed by atoms with Crippen LogP contribution in [0.1, 0.15) is 34.5 Å². The Labute approximate surface area is 191 Å². The quantitative estimate of drug-likeness (QED) is 0.499. The number of aryl methyl sites for hydroxylation is 1. The van der Waals surface area contributed by atoms with Crippen molar-refractivity contribution in [3.05, 3.63) is 59.8 Å². The lowest BCUT2D eigenvalue weighted by molar-refractivity contribution is -0.125. The summed E-state index contributed by atoms with van der Waals surface area (Å²) in [6.07, 6.45) is 6.64. The van der Waals surface area contributed by atoms with Crippen LogP contribution >= 0.6 is 0 Å². The largest absolute Gasteiger partial charge is 0.483 e. The first kappa shape index (κ1) is 24.0. The van der Waals surface area contributed by atoms with Gasteiger partial charge in [-0.15, -0.1) is 0 Å². The fourth-order valence-electron chi connectivity index (χ4n) is 4.12. The molecule has 0 spiro atoms. The van der Waals surface area contributed by atoms with E-state index in [1.807, 2.05) is 31.4 Å². The van der Waals surface area contributed by atoms with Crippen molar-refractivity contribution < 1.29 is 23.9 Å². The van der Waals surface area contributed by atoms with E-state index in [0.29, 0.717) is 31.0 Å². The summed E-state index contributed by atoms with van der Waals surface area (Å²) in [6.45, 7) is 3.37. The summed E-state index contributed by atoms with van der Waals surface area (Å²) in [7, 11) is 1.99. The van der Waals surface area contributed by atoms with Gasteiger partial charge >= 0.3 is 0 Å². The summed E-state index contributed by atoms with van der Waals surface area (Å²) in [6, 6.07) is 7.55. The molecule has 3 aromatic heterocycles. The van der Waals surface area contributed by atoms with Crippen LogP contribution in [0.5, 0.6) is 0 Å². The maximum absolute atomic E-state index is 12.8. The second kappa shape index (κ2) is 11.3. The zero-order valence-corrected chi connectivity index (χ0v) is 18.7. The second-order valence-corrected chi connectivity index (χ2v) is 8.07. The first-order valence-electron chi connectivity index (χ1n) is 10.7. The number of aromatic nitrogens is 2. The van der Waals surface area contributed by atoms with Gasteiger partial charge < -0.3 is 25.1 Å². The van der Waals surface area contributed by atoms with E-state index >= 15 is 0 Å². The smallest absolute Gasteiger partial charge is 0.290 e. The van der Waals surface area contributed by atoms with Crippen molar-refractivity contribution in [3.8, 4) is 0 Å². The van der Waals surface area contributed by atoms with Crippen molar-refractivity contribution in [1.82, 2.24) is 25.1 Å². The number of pyridine rings is 1. The normalized spacial score (nSPS) is 18.6.